The van der Waals surface area contributed by atoms with Crippen molar-refractivity contribution in [1.29, 1.82) is 0 Å². The van der Waals surface area contributed by atoms with Crippen molar-refractivity contribution in [2.75, 3.05) is 0 Å². The van der Waals surface area contributed by atoms with Crippen LogP contribution in [0.25, 0.3) is 0 Å². The van der Waals surface area contributed by atoms with E-state index in [2.05, 4.69) is 0 Å². The molecule has 5 heavy (non-hydrogen) atoms. The van der Waals surface area contributed by atoms with Gasteiger partial charge in [0.2, 0.25) is 0 Å². The van der Waals surface area contributed by atoms with Gasteiger partial charge in [-0.15, -0.1) is 4.91 Å². The Bertz CT molecular complexity index is 21.0. The van der Waals surface area contributed by atoms with Gasteiger partial charge >= 0.3 is 29.6 Å². The Labute approximate surface area is 55.0 Å². The Morgan fingerprint density at radius 3 is 1.80 bits per heavy atom. The van der Waals surface area contributed by atoms with Gasteiger partial charge in [0.05, 0.1) is 0 Å². The molecule has 0 saturated heterocycles. The van der Waals surface area contributed by atoms with Gasteiger partial charge in [-0.05, 0) is 0 Å². The Balaban J connectivity index is -0.00000000667. The maximum absolute atomic E-state index is 8.11. The molecule has 0 aromatic carbocycles. The second kappa shape index (κ2) is 25.0. The van der Waals surface area contributed by atoms with Gasteiger partial charge in [0, 0.05) is 8.41 Å². The van der Waals surface area contributed by atoms with E-state index in [1.807, 2.05) is 0 Å². The predicted molar refractivity (Wildman–Crippen MR) is 14.4 cm³/mol. The van der Waals surface area contributed by atoms with Crippen LogP contribution in [0, 0.1) is 4.91 Å². The quantitative estimate of drug-likeness (QED) is 0.191. The first-order valence-corrected chi connectivity index (χ1v) is 0.383. The predicted octanol–water partition coefficient (Wildman–Crippen LogP) is -3.12. The molecule has 0 aliphatic carbocycles. The van der Waals surface area contributed by atoms with Crippen LogP contribution in [-0.2, 0) is 0 Å². The normalized spacial score (nSPS) is 2.40. The van der Waals surface area contributed by atoms with Gasteiger partial charge in [0.15, 0.2) is 5.34 Å². The third kappa shape index (κ3) is 125. The van der Waals surface area contributed by atoms with Gasteiger partial charge < -0.3 is 6.63 Å². The third-order valence-corrected chi connectivity index (χ3v) is 0. The molecule has 0 saturated carbocycles. The fraction of sp³-hybridized carbons (Fsp3) is 0. The van der Waals surface area contributed by atoms with E-state index in [1.54, 1.807) is 0 Å². The number of nitrogens with zero attached hydrogens (tertiary/aromatic N) is 1. The molecule has 0 aromatic heterocycles. The van der Waals surface area contributed by atoms with Crippen molar-refractivity contribution < 1.29 is 36.2 Å². The van der Waals surface area contributed by atoms with E-state index in [4.69, 9.17) is 10.1 Å². The van der Waals surface area contributed by atoms with Gasteiger partial charge in [-0.1, -0.05) is 0 Å². The Hall–Kier alpha value is 0.465. The fourth-order valence-electron chi connectivity index (χ4n) is 0. The molecule has 3 nitrogen and oxygen atoms in total. The summed E-state index contributed by atoms with van der Waals surface area (Å²) in [5.41, 5.74) is 0. The van der Waals surface area contributed by atoms with Crippen LogP contribution < -0.4 is 29.6 Å². The molecule has 0 heterocycles. The topological polar surface area (TPSA) is 49.7 Å². The first-order chi connectivity index (χ1) is 1.41. The molecule has 1 N–H and O–H groups in total. The van der Waals surface area contributed by atoms with Crippen LogP contribution in [0.2, 0.25) is 0 Å². The first kappa shape index (κ1) is 17.9. The molecule has 23 valence electrons. The van der Waals surface area contributed by atoms with Crippen LogP contribution in [0.1, 0.15) is 1.43 Å². The molecular formula is H2BNNaO2. The largest absolute Gasteiger partial charge is 1.00 e. The summed E-state index contributed by atoms with van der Waals surface area (Å²) in [5.74, 6) is 0. The SMILES string of the molecule is O=NO.[B].[H-].[Na+]. The number of hydrogen-bond donors (Lipinski definition) is 1. The van der Waals surface area contributed by atoms with Crippen LogP contribution in [0.15, 0.2) is 5.34 Å². The molecule has 0 bridgehead atoms. The second-order valence-electron chi connectivity index (χ2n) is 0.0816. The molecule has 3 radical (unpaired) electrons. The van der Waals surface area contributed by atoms with E-state index >= 15 is 0 Å². The van der Waals surface area contributed by atoms with Crippen molar-refractivity contribution >= 4 is 8.41 Å². The van der Waals surface area contributed by atoms with E-state index < -0.39 is 0 Å². The fourth-order valence-corrected chi connectivity index (χ4v) is 0. The third-order valence-electron chi connectivity index (χ3n) is 0. The molecule has 0 fully saturated rings. The molecule has 0 atom stereocenters. The zero-order valence-electron chi connectivity index (χ0n) is 3.88. The van der Waals surface area contributed by atoms with Gasteiger partial charge in [-0.3, -0.25) is 0 Å². The van der Waals surface area contributed by atoms with Gasteiger partial charge in [0.1, 0.15) is 0 Å². The van der Waals surface area contributed by atoms with Crippen LogP contribution in [0.5, 0.6) is 0 Å². The molecular weight excluding hydrogens is 79.8 g/mol. The summed E-state index contributed by atoms with van der Waals surface area (Å²) < 4.78 is 0. The van der Waals surface area contributed by atoms with E-state index in [0.29, 0.717) is 0 Å². The summed E-state index contributed by atoms with van der Waals surface area (Å²) in [7, 11) is 0. The monoisotopic (exact) mass is 82.0 g/mol. The van der Waals surface area contributed by atoms with E-state index in [1.165, 1.54) is 5.34 Å². The molecule has 0 rings (SSSR count). The zero-order valence-corrected chi connectivity index (χ0v) is 4.88. The molecule has 0 amide bonds. The summed E-state index contributed by atoms with van der Waals surface area (Å²) in [6.45, 7) is 0. The second-order valence-corrected chi connectivity index (χ2v) is 0.0816. The maximum Gasteiger partial charge on any atom is 1.00 e. The van der Waals surface area contributed by atoms with E-state index in [9.17, 15) is 0 Å². The Morgan fingerprint density at radius 1 is 1.80 bits per heavy atom. The summed E-state index contributed by atoms with van der Waals surface area (Å²) in [4.78, 5) is 8.11. The van der Waals surface area contributed by atoms with E-state index in [-0.39, 0.29) is 39.4 Å². The van der Waals surface area contributed by atoms with Crippen molar-refractivity contribution in [3.63, 3.8) is 0 Å². The van der Waals surface area contributed by atoms with Crippen LogP contribution in [-0.4, -0.2) is 13.6 Å². The standard InChI is InChI=1S/B.HNO2.Na.H/c;2-1-3;;/h;(H,2,3);;/q;;+1;-1. The summed E-state index contributed by atoms with van der Waals surface area (Å²) >= 11 is 0. The van der Waals surface area contributed by atoms with E-state index in [0.717, 1.165) is 0 Å². The van der Waals surface area contributed by atoms with Crippen LogP contribution in [0.4, 0.5) is 0 Å². The molecule has 0 aromatic rings. The smallest absolute Gasteiger partial charge is 1.00 e. The van der Waals surface area contributed by atoms with Crippen LogP contribution >= 0.6 is 0 Å². The molecule has 0 spiro atoms. The van der Waals surface area contributed by atoms with Crippen molar-refractivity contribution in [3.05, 3.63) is 4.91 Å². The van der Waals surface area contributed by atoms with Gasteiger partial charge in [0.25, 0.3) is 0 Å². The Morgan fingerprint density at radius 2 is 1.80 bits per heavy atom. The van der Waals surface area contributed by atoms with Gasteiger partial charge in [-0.2, -0.15) is 0 Å². The summed E-state index contributed by atoms with van der Waals surface area (Å²) in [5, 5.41) is 7.89. The van der Waals surface area contributed by atoms with Crippen molar-refractivity contribution in [3.8, 4) is 0 Å². The molecule has 0 aliphatic heterocycles. The number of rotatable bonds is 0. The first-order valence-electron chi connectivity index (χ1n) is 0.383. The zero-order chi connectivity index (χ0) is 2.71. The van der Waals surface area contributed by atoms with Crippen LogP contribution in [0.3, 0.4) is 0 Å². The summed E-state index contributed by atoms with van der Waals surface area (Å²) in [6.07, 6.45) is 0. The molecule has 0 unspecified atom stereocenters. The van der Waals surface area contributed by atoms with Crippen molar-refractivity contribution in [2.45, 2.75) is 0 Å². The molecule has 0 aliphatic rings. The maximum atomic E-state index is 8.11. The minimum atomic E-state index is 0. The average Bonchev–Trinajstić information content (AvgIpc) is 0.918. The Kier molecular flexibility index (Phi) is 89.6. The minimum absolute atomic E-state index is 0. The average molecular weight is 81.8 g/mol. The minimum Gasteiger partial charge on any atom is -1.00 e. The van der Waals surface area contributed by atoms with Crippen molar-refractivity contribution in [1.82, 2.24) is 0 Å². The summed E-state index contributed by atoms with van der Waals surface area (Å²) in [6, 6.07) is 0. The number of hydrogen-bond acceptors (Lipinski definition) is 2. The molecule has 5 heteroatoms. The van der Waals surface area contributed by atoms with Crippen molar-refractivity contribution in [2.24, 2.45) is 5.34 Å². The van der Waals surface area contributed by atoms with Gasteiger partial charge in [-0.25, -0.2) is 0 Å².